The first-order valence-corrected chi connectivity index (χ1v) is 7.79. The molecule has 0 bridgehead atoms. The highest BCUT2D eigenvalue weighted by atomic mass is 16.1. The van der Waals surface area contributed by atoms with Gasteiger partial charge in [-0.25, -0.2) is 0 Å². The van der Waals surface area contributed by atoms with Crippen LogP contribution in [0.25, 0.3) is 0 Å². The molecule has 3 nitrogen and oxygen atoms in total. The second kappa shape index (κ2) is 5.43. The van der Waals surface area contributed by atoms with E-state index in [2.05, 4.69) is 38.3 Å². The van der Waals surface area contributed by atoms with E-state index in [4.69, 9.17) is 0 Å². The SMILES string of the molecule is CC1(C)CC(NC(=O)CC2CCCN2)CC(C)(C)C1. The average molecular weight is 266 g/mol. The minimum absolute atomic E-state index is 0.234. The fourth-order valence-electron chi connectivity index (χ4n) is 4.39. The molecule has 19 heavy (non-hydrogen) atoms. The quantitative estimate of drug-likeness (QED) is 0.824. The number of hydrogen-bond donors (Lipinski definition) is 2. The van der Waals surface area contributed by atoms with Gasteiger partial charge in [-0.3, -0.25) is 4.79 Å². The van der Waals surface area contributed by atoms with E-state index >= 15 is 0 Å². The molecular weight excluding hydrogens is 236 g/mol. The number of nitrogens with one attached hydrogen (secondary N) is 2. The normalized spacial score (nSPS) is 30.2. The lowest BCUT2D eigenvalue weighted by Gasteiger charge is -2.45. The molecule has 3 heteroatoms. The molecule has 1 atom stereocenters. The molecule has 1 unspecified atom stereocenters. The Balaban J connectivity index is 1.85. The molecule has 1 saturated carbocycles. The van der Waals surface area contributed by atoms with Crippen LogP contribution in [0.3, 0.4) is 0 Å². The summed E-state index contributed by atoms with van der Waals surface area (Å²) >= 11 is 0. The molecule has 0 aromatic heterocycles. The number of carbonyl (C=O) groups excluding carboxylic acids is 1. The van der Waals surface area contributed by atoms with E-state index in [-0.39, 0.29) is 5.91 Å². The van der Waals surface area contributed by atoms with Crippen LogP contribution in [0.5, 0.6) is 0 Å². The second-order valence-electron chi connectivity index (χ2n) is 8.18. The summed E-state index contributed by atoms with van der Waals surface area (Å²) in [7, 11) is 0. The molecule has 1 amide bonds. The van der Waals surface area contributed by atoms with Crippen molar-refractivity contribution < 1.29 is 4.79 Å². The molecule has 1 aliphatic carbocycles. The molecule has 1 saturated heterocycles. The lowest BCUT2D eigenvalue weighted by Crippen LogP contribution is -2.47. The van der Waals surface area contributed by atoms with Gasteiger partial charge in [-0.1, -0.05) is 27.7 Å². The van der Waals surface area contributed by atoms with E-state index in [9.17, 15) is 4.79 Å². The van der Waals surface area contributed by atoms with Crippen LogP contribution < -0.4 is 10.6 Å². The van der Waals surface area contributed by atoms with Crippen molar-refractivity contribution >= 4 is 5.91 Å². The van der Waals surface area contributed by atoms with Gasteiger partial charge in [-0.15, -0.1) is 0 Å². The van der Waals surface area contributed by atoms with Crippen LogP contribution in [0, 0.1) is 10.8 Å². The highest BCUT2D eigenvalue weighted by Crippen LogP contribution is 2.45. The first-order valence-electron chi connectivity index (χ1n) is 7.79. The molecular formula is C16H30N2O. The minimum atomic E-state index is 0.234. The summed E-state index contributed by atoms with van der Waals surface area (Å²) in [6.07, 6.45) is 6.48. The largest absolute Gasteiger partial charge is 0.353 e. The molecule has 1 aliphatic heterocycles. The van der Waals surface area contributed by atoms with Crippen LogP contribution in [0.2, 0.25) is 0 Å². The van der Waals surface area contributed by atoms with Gasteiger partial charge in [0.25, 0.3) is 0 Å². The molecule has 110 valence electrons. The van der Waals surface area contributed by atoms with E-state index in [1.54, 1.807) is 0 Å². The predicted molar refractivity (Wildman–Crippen MR) is 79.0 cm³/mol. The van der Waals surface area contributed by atoms with E-state index in [1.807, 2.05) is 0 Å². The Morgan fingerprint density at radius 2 is 1.84 bits per heavy atom. The van der Waals surface area contributed by atoms with Gasteiger partial charge in [-0.2, -0.15) is 0 Å². The molecule has 2 rings (SSSR count). The van der Waals surface area contributed by atoms with Gasteiger partial charge in [0, 0.05) is 18.5 Å². The molecule has 0 aromatic carbocycles. The van der Waals surface area contributed by atoms with Crippen molar-refractivity contribution in [2.24, 2.45) is 10.8 Å². The van der Waals surface area contributed by atoms with Gasteiger partial charge < -0.3 is 10.6 Å². The predicted octanol–water partition coefficient (Wildman–Crippen LogP) is 2.85. The van der Waals surface area contributed by atoms with Gasteiger partial charge >= 0.3 is 0 Å². The van der Waals surface area contributed by atoms with Gasteiger partial charge in [0.15, 0.2) is 0 Å². The van der Waals surface area contributed by atoms with Crippen LogP contribution in [-0.4, -0.2) is 24.5 Å². The summed E-state index contributed by atoms with van der Waals surface area (Å²) < 4.78 is 0. The monoisotopic (exact) mass is 266 g/mol. The van der Waals surface area contributed by atoms with Gasteiger partial charge in [0.05, 0.1) is 0 Å². The first kappa shape index (κ1) is 14.8. The van der Waals surface area contributed by atoms with Crippen molar-refractivity contribution in [3.8, 4) is 0 Å². The Labute approximate surface area is 117 Å². The van der Waals surface area contributed by atoms with E-state index < -0.39 is 0 Å². The van der Waals surface area contributed by atoms with Gasteiger partial charge in [0.1, 0.15) is 0 Å². The zero-order valence-electron chi connectivity index (χ0n) is 13.0. The third-order valence-electron chi connectivity index (χ3n) is 4.51. The highest BCUT2D eigenvalue weighted by Gasteiger charge is 2.38. The third kappa shape index (κ3) is 4.48. The Kier molecular flexibility index (Phi) is 4.24. The van der Waals surface area contributed by atoms with Crippen molar-refractivity contribution in [1.82, 2.24) is 10.6 Å². The summed E-state index contributed by atoms with van der Waals surface area (Å²) in [6.45, 7) is 10.4. The molecule has 0 spiro atoms. The standard InChI is InChI=1S/C16H30N2O/c1-15(2)9-13(10-16(3,4)11-15)18-14(19)8-12-6-5-7-17-12/h12-13,17H,5-11H2,1-4H3,(H,18,19). The maximum Gasteiger partial charge on any atom is 0.221 e. The molecule has 2 N–H and O–H groups in total. The third-order valence-corrected chi connectivity index (χ3v) is 4.51. The zero-order valence-corrected chi connectivity index (χ0v) is 13.0. The van der Waals surface area contributed by atoms with E-state index in [0.717, 1.165) is 25.8 Å². The Morgan fingerprint density at radius 3 is 2.37 bits per heavy atom. The molecule has 1 heterocycles. The summed E-state index contributed by atoms with van der Waals surface area (Å²) in [5.41, 5.74) is 0.677. The molecule has 2 fully saturated rings. The minimum Gasteiger partial charge on any atom is -0.353 e. The van der Waals surface area contributed by atoms with Crippen molar-refractivity contribution in [3.05, 3.63) is 0 Å². The van der Waals surface area contributed by atoms with Crippen molar-refractivity contribution in [3.63, 3.8) is 0 Å². The van der Waals surface area contributed by atoms with E-state index in [0.29, 0.717) is 29.3 Å². The van der Waals surface area contributed by atoms with Crippen LogP contribution >= 0.6 is 0 Å². The summed E-state index contributed by atoms with van der Waals surface area (Å²) in [5.74, 6) is 0.234. The Hall–Kier alpha value is -0.570. The summed E-state index contributed by atoms with van der Waals surface area (Å²) in [6, 6.07) is 0.761. The Morgan fingerprint density at radius 1 is 1.21 bits per heavy atom. The highest BCUT2D eigenvalue weighted by molar-refractivity contribution is 5.77. The number of amides is 1. The lowest BCUT2D eigenvalue weighted by molar-refractivity contribution is -0.123. The molecule has 0 aromatic rings. The van der Waals surface area contributed by atoms with Gasteiger partial charge in [-0.05, 0) is 49.5 Å². The fourth-order valence-corrected chi connectivity index (χ4v) is 4.39. The fraction of sp³-hybridized carbons (Fsp3) is 0.938. The van der Waals surface area contributed by atoms with Crippen LogP contribution in [0.15, 0.2) is 0 Å². The number of carbonyl (C=O) groups is 1. The second-order valence-corrected chi connectivity index (χ2v) is 8.18. The summed E-state index contributed by atoms with van der Waals surface area (Å²) in [4.78, 5) is 12.1. The van der Waals surface area contributed by atoms with E-state index in [1.165, 1.54) is 12.8 Å². The first-order chi connectivity index (χ1) is 8.76. The Bertz CT molecular complexity index is 314. The molecule has 0 radical (unpaired) electrons. The van der Waals surface area contributed by atoms with Crippen molar-refractivity contribution in [2.75, 3.05) is 6.54 Å². The van der Waals surface area contributed by atoms with Crippen molar-refractivity contribution in [1.29, 1.82) is 0 Å². The van der Waals surface area contributed by atoms with Gasteiger partial charge in [0.2, 0.25) is 5.91 Å². The smallest absolute Gasteiger partial charge is 0.221 e. The average Bonchev–Trinajstić information content (AvgIpc) is 2.63. The summed E-state index contributed by atoms with van der Waals surface area (Å²) in [5, 5.41) is 6.67. The van der Waals surface area contributed by atoms with Crippen LogP contribution in [0.4, 0.5) is 0 Å². The maximum atomic E-state index is 12.1. The lowest BCUT2D eigenvalue weighted by atomic mass is 9.63. The molecule has 2 aliphatic rings. The topological polar surface area (TPSA) is 41.1 Å². The van der Waals surface area contributed by atoms with Crippen LogP contribution in [-0.2, 0) is 4.79 Å². The number of hydrogen-bond acceptors (Lipinski definition) is 2. The van der Waals surface area contributed by atoms with Crippen molar-refractivity contribution in [2.45, 2.75) is 78.3 Å². The number of rotatable bonds is 3. The maximum absolute atomic E-state index is 12.1. The zero-order chi connectivity index (χ0) is 14.1. The van der Waals surface area contributed by atoms with Crippen LogP contribution in [0.1, 0.15) is 66.2 Å².